The molecule has 1 amide bonds. The number of rotatable bonds is 3. The van der Waals surface area contributed by atoms with Gasteiger partial charge in [-0.15, -0.1) is 0 Å². The second-order valence-corrected chi connectivity index (χ2v) is 5.34. The number of imidazole rings is 1. The van der Waals surface area contributed by atoms with E-state index < -0.39 is 0 Å². The summed E-state index contributed by atoms with van der Waals surface area (Å²) in [5, 5.41) is 2.88. The van der Waals surface area contributed by atoms with Gasteiger partial charge in [-0.2, -0.15) is 0 Å². The summed E-state index contributed by atoms with van der Waals surface area (Å²) in [4.78, 5) is 20.5. The van der Waals surface area contributed by atoms with Crippen LogP contribution in [-0.2, 0) is 0 Å². The van der Waals surface area contributed by atoms with Crippen LogP contribution in [0.15, 0.2) is 79.4 Å². The predicted octanol–water partition coefficient (Wildman–Crippen LogP) is 3.67. The number of nitrogens with zero attached hydrogens (tertiary/aromatic N) is 3. The van der Waals surface area contributed by atoms with E-state index in [2.05, 4.69) is 15.3 Å². The summed E-state index contributed by atoms with van der Waals surface area (Å²) in [6.07, 6.45) is 5.00. The van der Waals surface area contributed by atoms with E-state index in [-0.39, 0.29) is 5.91 Å². The topological polar surface area (TPSA) is 59.8 Å². The molecule has 0 unspecified atom stereocenters. The molecule has 0 spiro atoms. The van der Waals surface area contributed by atoms with Crippen molar-refractivity contribution in [3.8, 4) is 5.69 Å². The third kappa shape index (κ3) is 2.63. The number of hydrogen-bond donors (Lipinski definition) is 1. The molecule has 2 aromatic carbocycles. The standard InChI is InChI=1S/C19H14N4O/c24-19(14-9-11-20-12-10-14)22-15-5-7-16(8-6-15)23-13-21-17-3-1-2-4-18(17)23/h1-13H,(H,22,24). The van der Waals surface area contributed by atoms with E-state index >= 15 is 0 Å². The maximum Gasteiger partial charge on any atom is 0.255 e. The summed E-state index contributed by atoms with van der Waals surface area (Å²) < 4.78 is 2.02. The highest BCUT2D eigenvalue weighted by atomic mass is 16.1. The molecule has 4 aromatic rings. The van der Waals surface area contributed by atoms with Crippen LogP contribution in [0.4, 0.5) is 5.69 Å². The summed E-state index contributed by atoms with van der Waals surface area (Å²) in [5.41, 5.74) is 4.31. The van der Waals surface area contributed by atoms with Gasteiger partial charge in [-0.1, -0.05) is 12.1 Å². The van der Waals surface area contributed by atoms with Crippen LogP contribution < -0.4 is 5.32 Å². The van der Waals surface area contributed by atoms with Crippen molar-refractivity contribution in [2.75, 3.05) is 5.32 Å². The third-order valence-electron chi connectivity index (χ3n) is 3.80. The van der Waals surface area contributed by atoms with E-state index in [4.69, 9.17) is 0 Å². The first-order valence-electron chi connectivity index (χ1n) is 7.55. The van der Waals surface area contributed by atoms with E-state index in [1.54, 1.807) is 30.9 Å². The summed E-state index contributed by atoms with van der Waals surface area (Å²) in [5.74, 6) is -0.154. The lowest BCUT2D eigenvalue weighted by Gasteiger charge is -2.08. The number of anilines is 1. The highest BCUT2D eigenvalue weighted by molar-refractivity contribution is 6.04. The number of benzene rings is 2. The van der Waals surface area contributed by atoms with Crippen LogP contribution in [0, 0.1) is 0 Å². The molecular formula is C19H14N4O. The van der Waals surface area contributed by atoms with Gasteiger partial charge >= 0.3 is 0 Å². The Kier molecular flexibility index (Phi) is 3.51. The lowest BCUT2D eigenvalue weighted by atomic mass is 10.2. The van der Waals surface area contributed by atoms with Crippen molar-refractivity contribution >= 4 is 22.6 Å². The Hall–Kier alpha value is -3.47. The Morgan fingerprint density at radius 2 is 1.67 bits per heavy atom. The molecule has 0 bridgehead atoms. The normalized spacial score (nSPS) is 10.7. The highest BCUT2D eigenvalue weighted by Crippen LogP contribution is 2.19. The van der Waals surface area contributed by atoms with Crippen LogP contribution in [0.25, 0.3) is 16.7 Å². The second-order valence-electron chi connectivity index (χ2n) is 5.34. The zero-order valence-corrected chi connectivity index (χ0v) is 12.8. The molecule has 2 heterocycles. The molecule has 5 nitrogen and oxygen atoms in total. The van der Waals surface area contributed by atoms with Crippen molar-refractivity contribution in [3.05, 3.63) is 84.9 Å². The van der Waals surface area contributed by atoms with Crippen LogP contribution in [-0.4, -0.2) is 20.4 Å². The molecule has 0 saturated carbocycles. The molecule has 5 heteroatoms. The van der Waals surface area contributed by atoms with Gasteiger partial charge in [0.25, 0.3) is 5.91 Å². The van der Waals surface area contributed by atoms with E-state index in [1.165, 1.54) is 0 Å². The number of hydrogen-bond acceptors (Lipinski definition) is 3. The quantitative estimate of drug-likeness (QED) is 0.627. The van der Waals surface area contributed by atoms with Gasteiger partial charge in [0.1, 0.15) is 6.33 Å². The van der Waals surface area contributed by atoms with Crippen molar-refractivity contribution in [1.82, 2.24) is 14.5 Å². The van der Waals surface area contributed by atoms with Gasteiger partial charge in [-0.05, 0) is 48.5 Å². The zero-order chi connectivity index (χ0) is 16.4. The molecule has 4 rings (SSSR count). The minimum atomic E-state index is -0.154. The first-order valence-corrected chi connectivity index (χ1v) is 7.55. The lowest BCUT2D eigenvalue weighted by molar-refractivity contribution is 0.102. The molecule has 0 saturated heterocycles. The Morgan fingerprint density at radius 3 is 2.46 bits per heavy atom. The van der Waals surface area contributed by atoms with Crippen molar-refractivity contribution < 1.29 is 4.79 Å². The average Bonchev–Trinajstić information content (AvgIpc) is 3.07. The van der Waals surface area contributed by atoms with Crippen molar-refractivity contribution in [2.24, 2.45) is 0 Å². The van der Waals surface area contributed by atoms with Gasteiger partial charge in [0.05, 0.1) is 11.0 Å². The fourth-order valence-electron chi connectivity index (χ4n) is 2.58. The van der Waals surface area contributed by atoms with Crippen molar-refractivity contribution in [2.45, 2.75) is 0 Å². The Morgan fingerprint density at radius 1 is 0.917 bits per heavy atom. The molecule has 0 atom stereocenters. The molecule has 0 aliphatic rings. The van der Waals surface area contributed by atoms with Crippen LogP contribution in [0.2, 0.25) is 0 Å². The smallest absolute Gasteiger partial charge is 0.255 e. The van der Waals surface area contributed by atoms with Crippen molar-refractivity contribution in [3.63, 3.8) is 0 Å². The maximum absolute atomic E-state index is 12.1. The first kappa shape index (κ1) is 14.1. The van der Waals surface area contributed by atoms with Crippen molar-refractivity contribution in [1.29, 1.82) is 0 Å². The minimum Gasteiger partial charge on any atom is -0.322 e. The molecule has 0 aliphatic carbocycles. The van der Waals surface area contributed by atoms with E-state index in [0.29, 0.717) is 5.56 Å². The average molecular weight is 314 g/mol. The maximum atomic E-state index is 12.1. The highest BCUT2D eigenvalue weighted by Gasteiger charge is 2.07. The number of para-hydroxylation sites is 2. The number of aromatic nitrogens is 3. The summed E-state index contributed by atoms with van der Waals surface area (Å²) >= 11 is 0. The monoisotopic (exact) mass is 314 g/mol. The summed E-state index contributed by atoms with van der Waals surface area (Å²) in [7, 11) is 0. The molecule has 116 valence electrons. The molecule has 0 fully saturated rings. The Bertz CT molecular complexity index is 991. The fraction of sp³-hybridized carbons (Fsp3) is 0. The number of amides is 1. The molecule has 2 aromatic heterocycles. The van der Waals surface area contributed by atoms with E-state index in [9.17, 15) is 4.79 Å². The number of carbonyl (C=O) groups excluding carboxylic acids is 1. The van der Waals surface area contributed by atoms with E-state index in [1.807, 2.05) is 53.1 Å². The minimum absolute atomic E-state index is 0.154. The third-order valence-corrected chi connectivity index (χ3v) is 3.80. The first-order chi connectivity index (χ1) is 11.8. The van der Waals surface area contributed by atoms with Crippen LogP contribution >= 0.6 is 0 Å². The SMILES string of the molecule is O=C(Nc1ccc(-n2cnc3ccccc32)cc1)c1ccncc1. The molecular weight excluding hydrogens is 300 g/mol. The molecule has 1 N–H and O–H groups in total. The molecule has 0 aliphatic heterocycles. The predicted molar refractivity (Wildman–Crippen MR) is 93.3 cm³/mol. The Balaban J connectivity index is 1.58. The van der Waals surface area contributed by atoms with E-state index in [0.717, 1.165) is 22.4 Å². The number of fused-ring (bicyclic) bond motifs is 1. The molecule has 0 radical (unpaired) electrons. The van der Waals surface area contributed by atoms with Gasteiger partial charge in [0.15, 0.2) is 0 Å². The Labute approximate surface area is 138 Å². The van der Waals surface area contributed by atoms with Gasteiger partial charge in [-0.3, -0.25) is 14.3 Å². The lowest BCUT2D eigenvalue weighted by Crippen LogP contribution is -2.11. The van der Waals surface area contributed by atoms with Crippen LogP contribution in [0.1, 0.15) is 10.4 Å². The second kappa shape index (κ2) is 5.96. The van der Waals surface area contributed by atoms with Gasteiger partial charge in [0.2, 0.25) is 0 Å². The number of pyridine rings is 1. The summed E-state index contributed by atoms with van der Waals surface area (Å²) in [6, 6.07) is 19.0. The van der Waals surface area contributed by atoms with Gasteiger partial charge in [0, 0.05) is 29.3 Å². The fourth-order valence-corrected chi connectivity index (χ4v) is 2.58. The number of carbonyl (C=O) groups is 1. The largest absolute Gasteiger partial charge is 0.322 e. The zero-order valence-electron chi connectivity index (χ0n) is 12.8. The van der Waals surface area contributed by atoms with Crippen LogP contribution in [0.3, 0.4) is 0 Å². The summed E-state index contributed by atoms with van der Waals surface area (Å²) in [6.45, 7) is 0. The number of nitrogens with one attached hydrogen (secondary N) is 1. The van der Waals surface area contributed by atoms with Gasteiger partial charge < -0.3 is 5.32 Å². The van der Waals surface area contributed by atoms with Crippen LogP contribution in [0.5, 0.6) is 0 Å². The van der Waals surface area contributed by atoms with Gasteiger partial charge in [-0.25, -0.2) is 4.98 Å². The molecule has 24 heavy (non-hydrogen) atoms.